The molecule has 0 N–H and O–H groups in total. The first-order chi connectivity index (χ1) is 10.1. The van der Waals surface area contributed by atoms with Gasteiger partial charge in [-0.05, 0) is 36.8 Å². The summed E-state index contributed by atoms with van der Waals surface area (Å²) < 4.78 is 13.5. The van der Waals surface area contributed by atoms with E-state index >= 15 is 0 Å². The summed E-state index contributed by atoms with van der Waals surface area (Å²) in [6.07, 6.45) is 2.20. The van der Waals surface area contributed by atoms with Crippen LogP contribution in [-0.2, 0) is 9.59 Å². The number of carbonyl (C=O) groups excluding carboxylic acids is 2. The largest absolute Gasteiger partial charge is 0.333 e. The average molecular weight is 308 g/mol. The summed E-state index contributed by atoms with van der Waals surface area (Å²) in [5, 5.41) is 0. The van der Waals surface area contributed by atoms with Crippen LogP contribution in [0.15, 0.2) is 23.1 Å². The monoisotopic (exact) mass is 308 g/mol. The highest BCUT2D eigenvalue weighted by Crippen LogP contribution is 2.34. The maximum atomic E-state index is 13.5. The van der Waals surface area contributed by atoms with E-state index < -0.39 is 0 Å². The number of fused-ring (bicyclic) bond motifs is 1. The summed E-state index contributed by atoms with van der Waals surface area (Å²) >= 11 is 1.64. The number of likely N-dealkylation sites (tertiary alicyclic amines) is 1. The molecule has 2 aliphatic heterocycles. The Kier molecular flexibility index (Phi) is 4.14. The van der Waals surface area contributed by atoms with Gasteiger partial charge in [-0.2, -0.15) is 0 Å². The van der Waals surface area contributed by atoms with Gasteiger partial charge in [0.25, 0.3) is 0 Å². The van der Waals surface area contributed by atoms with E-state index in [1.165, 1.54) is 12.1 Å². The number of benzene rings is 1. The zero-order chi connectivity index (χ0) is 14.8. The number of rotatable bonds is 2. The Hall–Kier alpha value is -1.56. The van der Waals surface area contributed by atoms with Crippen molar-refractivity contribution in [3.05, 3.63) is 24.0 Å². The Morgan fingerprint density at radius 1 is 1.29 bits per heavy atom. The van der Waals surface area contributed by atoms with Gasteiger partial charge in [-0.25, -0.2) is 4.39 Å². The van der Waals surface area contributed by atoms with Crippen molar-refractivity contribution < 1.29 is 14.0 Å². The van der Waals surface area contributed by atoms with Crippen LogP contribution in [0.25, 0.3) is 0 Å². The highest BCUT2D eigenvalue weighted by atomic mass is 32.2. The van der Waals surface area contributed by atoms with Gasteiger partial charge >= 0.3 is 0 Å². The molecule has 112 valence electrons. The van der Waals surface area contributed by atoms with E-state index in [-0.39, 0.29) is 24.2 Å². The summed E-state index contributed by atoms with van der Waals surface area (Å²) in [7, 11) is 0. The van der Waals surface area contributed by atoms with E-state index in [9.17, 15) is 14.0 Å². The minimum atomic E-state index is -0.341. The van der Waals surface area contributed by atoms with Gasteiger partial charge in [-0.15, -0.1) is 11.8 Å². The molecular formula is C15H17FN2O2S. The highest BCUT2D eigenvalue weighted by molar-refractivity contribution is 7.99. The lowest BCUT2D eigenvalue weighted by atomic mass is 10.2. The highest BCUT2D eigenvalue weighted by Gasteiger charge is 2.27. The fourth-order valence-electron chi connectivity index (χ4n) is 2.73. The molecule has 2 heterocycles. The van der Waals surface area contributed by atoms with Crippen LogP contribution in [0, 0.1) is 5.82 Å². The van der Waals surface area contributed by atoms with Crippen molar-refractivity contribution in [3.8, 4) is 0 Å². The molecule has 1 aromatic rings. The van der Waals surface area contributed by atoms with E-state index in [1.807, 2.05) is 0 Å². The minimum Gasteiger partial charge on any atom is -0.333 e. The third-order valence-electron chi connectivity index (χ3n) is 3.79. The number of carbonyl (C=O) groups is 2. The van der Waals surface area contributed by atoms with Crippen LogP contribution >= 0.6 is 11.8 Å². The van der Waals surface area contributed by atoms with Crippen molar-refractivity contribution in [3.63, 3.8) is 0 Å². The van der Waals surface area contributed by atoms with Crippen molar-refractivity contribution >= 4 is 29.3 Å². The third-order valence-corrected chi connectivity index (χ3v) is 4.94. The van der Waals surface area contributed by atoms with Crippen molar-refractivity contribution in [2.75, 3.05) is 30.3 Å². The van der Waals surface area contributed by atoms with Crippen LogP contribution in [0.3, 0.4) is 0 Å². The molecule has 0 radical (unpaired) electrons. The first-order valence-corrected chi connectivity index (χ1v) is 8.14. The Bertz CT molecular complexity index is 579. The Morgan fingerprint density at radius 3 is 2.90 bits per heavy atom. The predicted molar refractivity (Wildman–Crippen MR) is 79.9 cm³/mol. The summed E-state index contributed by atoms with van der Waals surface area (Å²) in [6, 6.07) is 4.56. The molecule has 4 nitrogen and oxygen atoms in total. The summed E-state index contributed by atoms with van der Waals surface area (Å²) in [5.74, 6) is 0.475. The minimum absolute atomic E-state index is 0.0343. The maximum absolute atomic E-state index is 13.5. The van der Waals surface area contributed by atoms with Gasteiger partial charge in [0.2, 0.25) is 11.8 Å². The maximum Gasteiger partial charge on any atom is 0.246 e. The van der Waals surface area contributed by atoms with E-state index in [0.29, 0.717) is 25.2 Å². The van der Waals surface area contributed by atoms with Crippen LogP contribution < -0.4 is 4.90 Å². The molecule has 0 unspecified atom stereocenters. The molecule has 6 heteroatoms. The fraction of sp³-hybridized carbons (Fsp3) is 0.467. The van der Waals surface area contributed by atoms with Crippen LogP contribution in [0.4, 0.5) is 10.1 Å². The topological polar surface area (TPSA) is 40.6 Å². The molecule has 0 saturated carbocycles. The van der Waals surface area contributed by atoms with Crippen LogP contribution in [0.5, 0.6) is 0 Å². The standard InChI is InChI=1S/C15H17FN2O2S/c16-11-4-5-13-12(9-11)18(7-2-8-21-13)15(20)10-17-6-1-3-14(17)19/h4-5,9H,1-3,6-8,10H2. The zero-order valence-electron chi connectivity index (χ0n) is 11.7. The number of hydrogen-bond acceptors (Lipinski definition) is 3. The number of hydrogen-bond donors (Lipinski definition) is 0. The van der Waals surface area contributed by atoms with Crippen molar-refractivity contribution in [2.45, 2.75) is 24.2 Å². The van der Waals surface area contributed by atoms with Crippen LogP contribution in [0.2, 0.25) is 0 Å². The second-order valence-corrected chi connectivity index (χ2v) is 6.42. The molecule has 1 aromatic carbocycles. The lowest BCUT2D eigenvalue weighted by Gasteiger charge is -2.25. The molecule has 0 bridgehead atoms. The van der Waals surface area contributed by atoms with Crippen LogP contribution in [0.1, 0.15) is 19.3 Å². The van der Waals surface area contributed by atoms with Crippen molar-refractivity contribution in [1.29, 1.82) is 0 Å². The fourth-order valence-corrected chi connectivity index (χ4v) is 3.70. The van der Waals surface area contributed by atoms with Gasteiger partial charge in [-0.3, -0.25) is 9.59 Å². The zero-order valence-corrected chi connectivity index (χ0v) is 12.5. The van der Waals surface area contributed by atoms with E-state index in [2.05, 4.69) is 0 Å². The lowest BCUT2D eigenvalue weighted by Crippen LogP contribution is -2.41. The van der Waals surface area contributed by atoms with Crippen molar-refractivity contribution in [1.82, 2.24) is 4.90 Å². The lowest BCUT2D eigenvalue weighted by molar-refractivity contribution is -0.132. The van der Waals surface area contributed by atoms with Gasteiger partial charge < -0.3 is 9.80 Å². The molecule has 21 heavy (non-hydrogen) atoms. The quantitative estimate of drug-likeness (QED) is 0.841. The molecule has 0 aromatic heterocycles. The molecule has 0 spiro atoms. The second kappa shape index (κ2) is 6.05. The third kappa shape index (κ3) is 3.05. The van der Waals surface area contributed by atoms with Gasteiger partial charge in [0.05, 0.1) is 5.69 Å². The number of anilines is 1. The smallest absolute Gasteiger partial charge is 0.246 e. The first kappa shape index (κ1) is 14.4. The number of thioether (sulfide) groups is 1. The normalized spacial score (nSPS) is 18.6. The predicted octanol–water partition coefficient (Wildman–Crippen LogP) is 2.28. The molecule has 2 aliphatic rings. The summed E-state index contributed by atoms with van der Waals surface area (Å²) in [4.78, 5) is 28.3. The van der Waals surface area contributed by atoms with Gasteiger partial charge in [0, 0.05) is 24.4 Å². The molecule has 2 amide bonds. The van der Waals surface area contributed by atoms with Crippen LogP contribution in [-0.4, -0.2) is 42.1 Å². The number of nitrogens with zero attached hydrogens (tertiary/aromatic N) is 2. The number of halogens is 1. The van der Waals surface area contributed by atoms with E-state index in [1.54, 1.807) is 27.6 Å². The Morgan fingerprint density at radius 2 is 2.14 bits per heavy atom. The van der Waals surface area contributed by atoms with Gasteiger partial charge in [-0.1, -0.05) is 0 Å². The molecule has 0 aliphatic carbocycles. The van der Waals surface area contributed by atoms with Crippen molar-refractivity contribution in [2.24, 2.45) is 0 Å². The van der Waals surface area contributed by atoms with Gasteiger partial charge in [0.15, 0.2) is 0 Å². The number of amides is 2. The van der Waals surface area contributed by atoms with Gasteiger partial charge in [0.1, 0.15) is 12.4 Å². The van der Waals surface area contributed by atoms with E-state index in [4.69, 9.17) is 0 Å². The molecular weight excluding hydrogens is 291 g/mol. The average Bonchev–Trinajstić information content (AvgIpc) is 2.74. The molecule has 1 fully saturated rings. The molecule has 3 rings (SSSR count). The Labute approximate surface area is 127 Å². The summed E-state index contributed by atoms with van der Waals surface area (Å²) in [5.41, 5.74) is 0.633. The SMILES string of the molecule is O=C1CCCN1CC(=O)N1CCCSc2ccc(F)cc21. The second-order valence-electron chi connectivity index (χ2n) is 5.28. The van der Waals surface area contributed by atoms with E-state index in [0.717, 1.165) is 23.5 Å². The Balaban J connectivity index is 1.82. The summed E-state index contributed by atoms with van der Waals surface area (Å²) in [6.45, 7) is 1.31. The molecule has 0 atom stereocenters. The molecule has 1 saturated heterocycles. The first-order valence-electron chi connectivity index (χ1n) is 7.15.